The normalized spacial score (nSPS) is 24.4. The molecule has 1 aliphatic carbocycles. The number of rotatable bonds is 12. The number of Topliss-reactive ketones (excluding diaryl/α,β-unsaturated/α-hetero) is 2. The van der Waals surface area contributed by atoms with Crippen LogP contribution in [0.15, 0.2) is 36.0 Å². The quantitative estimate of drug-likeness (QED) is 0.187. The molecule has 1 spiro atoms. The summed E-state index contributed by atoms with van der Waals surface area (Å²) in [6.45, 7) is 7.66. The standard InChI is InChI=1S/C34H44ClN5O9/c1-5-6-23(27(42)30(44)36-21-11-12-21)37-29(43)25-16-34(15-24(39-49-34)26(41)19-7-9-20(35)10-8-19)18-40(25)31(45)28(33(2,3)4)38-32(46)48-22-13-14-47-17-22/h7-10,15,21-23,25,28,39H,5-6,11-14,16-18H2,1-4H3,(H,36,44)(H,37,43)(H,38,46)/t22-,23-,25-,28+,34+/m0/s1. The molecule has 5 rings (SSSR count). The second-order valence-corrected chi connectivity index (χ2v) is 14.6. The van der Waals surface area contributed by atoms with E-state index in [2.05, 4.69) is 21.4 Å². The molecule has 0 bridgehead atoms. The minimum Gasteiger partial charge on any atom is -0.444 e. The number of hydroxylamine groups is 1. The summed E-state index contributed by atoms with van der Waals surface area (Å²) in [5.74, 6) is -3.19. The van der Waals surface area contributed by atoms with Crippen LogP contribution in [0.4, 0.5) is 4.79 Å². The Morgan fingerprint density at radius 2 is 1.80 bits per heavy atom. The zero-order chi connectivity index (χ0) is 35.5. The van der Waals surface area contributed by atoms with Crippen molar-refractivity contribution in [3.63, 3.8) is 0 Å². The van der Waals surface area contributed by atoms with Gasteiger partial charge < -0.3 is 30.3 Å². The van der Waals surface area contributed by atoms with Crippen molar-refractivity contribution in [1.82, 2.24) is 26.3 Å². The highest BCUT2D eigenvalue weighted by Gasteiger charge is 2.54. The Bertz CT molecular complexity index is 1500. The molecule has 1 aromatic carbocycles. The maximum atomic E-state index is 14.4. The molecule has 0 radical (unpaired) electrons. The number of nitrogens with zero attached hydrogens (tertiary/aromatic N) is 1. The fourth-order valence-electron chi connectivity index (χ4n) is 6.08. The number of amides is 4. The lowest BCUT2D eigenvalue weighted by atomic mass is 9.85. The van der Waals surface area contributed by atoms with Gasteiger partial charge in [-0.1, -0.05) is 45.7 Å². The third-order valence-electron chi connectivity index (χ3n) is 8.94. The summed E-state index contributed by atoms with van der Waals surface area (Å²) in [6, 6.07) is 2.81. The van der Waals surface area contributed by atoms with Crippen molar-refractivity contribution >= 4 is 47.0 Å². The molecule has 49 heavy (non-hydrogen) atoms. The smallest absolute Gasteiger partial charge is 0.408 e. The van der Waals surface area contributed by atoms with Gasteiger partial charge in [0.25, 0.3) is 5.91 Å². The van der Waals surface area contributed by atoms with Crippen LogP contribution in [0.3, 0.4) is 0 Å². The molecule has 5 atom stereocenters. The molecule has 2 saturated heterocycles. The van der Waals surface area contributed by atoms with Gasteiger partial charge in [-0.25, -0.2) is 4.79 Å². The van der Waals surface area contributed by atoms with E-state index in [1.165, 1.54) is 4.90 Å². The molecule has 3 heterocycles. The van der Waals surface area contributed by atoms with Gasteiger partial charge in [-0.05, 0) is 55.0 Å². The van der Waals surface area contributed by atoms with E-state index >= 15 is 0 Å². The Morgan fingerprint density at radius 3 is 2.41 bits per heavy atom. The first-order valence-electron chi connectivity index (χ1n) is 16.7. The van der Waals surface area contributed by atoms with Gasteiger partial charge >= 0.3 is 6.09 Å². The Kier molecular flexibility index (Phi) is 11.0. The molecule has 266 valence electrons. The third-order valence-corrected chi connectivity index (χ3v) is 9.20. The lowest BCUT2D eigenvalue weighted by molar-refractivity contribution is -0.144. The lowest BCUT2D eigenvalue weighted by Gasteiger charge is -2.35. The number of hydrogen-bond donors (Lipinski definition) is 4. The van der Waals surface area contributed by atoms with Crippen LogP contribution in [0.25, 0.3) is 0 Å². The zero-order valence-electron chi connectivity index (χ0n) is 28.1. The number of allylic oxidation sites excluding steroid dienone is 1. The van der Waals surface area contributed by atoms with Crippen LogP contribution in [-0.2, 0) is 33.5 Å². The van der Waals surface area contributed by atoms with E-state index in [0.717, 1.165) is 12.8 Å². The number of carbonyl (C=O) groups excluding carboxylic acids is 6. The summed E-state index contributed by atoms with van der Waals surface area (Å²) in [4.78, 5) is 87.7. The van der Waals surface area contributed by atoms with E-state index in [4.69, 9.17) is 25.9 Å². The molecule has 1 aromatic rings. The number of ketones is 2. The number of ether oxygens (including phenoxy) is 2. The van der Waals surface area contributed by atoms with Gasteiger partial charge in [0.2, 0.25) is 23.4 Å². The number of halogens is 1. The van der Waals surface area contributed by atoms with Crippen LogP contribution >= 0.6 is 11.6 Å². The van der Waals surface area contributed by atoms with Crippen molar-refractivity contribution in [3.05, 3.63) is 46.6 Å². The topological polar surface area (TPSA) is 181 Å². The SMILES string of the molecule is CCC[C@H](NC(=O)[C@@H]1C[C@]2(C=C(C(=O)c3ccc(Cl)cc3)NO2)CN1C(=O)[C@@H](NC(=O)O[C@H]1CCOC1)C(C)(C)C)C(=O)C(=O)NC1CC1. The van der Waals surface area contributed by atoms with E-state index < -0.39 is 64.8 Å². The number of hydrogen-bond acceptors (Lipinski definition) is 10. The Hall–Kier alpha value is -4.01. The molecule has 1 saturated carbocycles. The van der Waals surface area contributed by atoms with Crippen LogP contribution in [0.2, 0.25) is 5.02 Å². The first kappa shape index (κ1) is 36.3. The van der Waals surface area contributed by atoms with Crippen molar-refractivity contribution in [1.29, 1.82) is 0 Å². The van der Waals surface area contributed by atoms with Gasteiger partial charge in [0.05, 0.1) is 25.8 Å². The molecule has 3 aliphatic heterocycles. The van der Waals surface area contributed by atoms with Gasteiger partial charge in [-0.2, -0.15) is 0 Å². The fraction of sp³-hybridized carbons (Fsp3) is 0.588. The number of carbonyl (C=O) groups is 6. The third kappa shape index (κ3) is 8.78. The first-order valence-corrected chi connectivity index (χ1v) is 17.0. The van der Waals surface area contributed by atoms with E-state index in [1.54, 1.807) is 51.1 Å². The summed E-state index contributed by atoms with van der Waals surface area (Å²) in [7, 11) is 0. The molecular formula is C34H44ClN5O9. The van der Waals surface area contributed by atoms with Crippen molar-refractivity contribution in [2.24, 2.45) is 5.41 Å². The maximum Gasteiger partial charge on any atom is 0.408 e. The summed E-state index contributed by atoms with van der Waals surface area (Å²) in [5, 5.41) is 8.53. The van der Waals surface area contributed by atoms with Gasteiger partial charge in [-0.15, -0.1) is 0 Å². The van der Waals surface area contributed by atoms with Crippen molar-refractivity contribution in [3.8, 4) is 0 Å². The second-order valence-electron chi connectivity index (χ2n) is 14.1. The molecule has 0 unspecified atom stereocenters. The average molecular weight is 702 g/mol. The maximum absolute atomic E-state index is 14.4. The van der Waals surface area contributed by atoms with E-state index in [1.807, 2.05) is 6.92 Å². The summed E-state index contributed by atoms with van der Waals surface area (Å²) < 4.78 is 10.8. The highest BCUT2D eigenvalue weighted by Crippen LogP contribution is 2.37. The van der Waals surface area contributed by atoms with Gasteiger partial charge in [0, 0.05) is 29.5 Å². The van der Waals surface area contributed by atoms with Crippen LogP contribution in [0.5, 0.6) is 0 Å². The van der Waals surface area contributed by atoms with Crippen molar-refractivity contribution in [2.75, 3.05) is 19.8 Å². The first-order chi connectivity index (χ1) is 23.2. The molecule has 14 nitrogen and oxygen atoms in total. The van der Waals surface area contributed by atoms with Crippen LogP contribution < -0.4 is 21.4 Å². The minimum atomic E-state index is -1.31. The van der Waals surface area contributed by atoms with E-state index in [-0.39, 0.29) is 43.5 Å². The highest BCUT2D eigenvalue weighted by atomic mass is 35.5. The molecule has 4 aliphatic rings. The molecule has 4 amide bonds. The molecule has 15 heteroatoms. The molecule has 0 aromatic heterocycles. The number of nitrogens with one attached hydrogen (secondary N) is 4. The predicted molar refractivity (Wildman–Crippen MR) is 176 cm³/mol. The number of benzene rings is 1. The van der Waals surface area contributed by atoms with Crippen molar-refractivity contribution in [2.45, 2.75) is 102 Å². The largest absolute Gasteiger partial charge is 0.444 e. The predicted octanol–water partition coefficient (Wildman–Crippen LogP) is 2.34. The highest BCUT2D eigenvalue weighted by molar-refractivity contribution is 6.38. The van der Waals surface area contributed by atoms with Crippen molar-refractivity contribution < 1.29 is 43.1 Å². The van der Waals surface area contributed by atoms with E-state index in [9.17, 15) is 28.8 Å². The Morgan fingerprint density at radius 1 is 1.08 bits per heavy atom. The van der Waals surface area contributed by atoms with Gasteiger partial charge in [0.15, 0.2) is 0 Å². The molecular weight excluding hydrogens is 658 g/mol. The Labute approximate surface area is 289 Å². The van der Waals surface area contributed by atoms with Crippen LogP contribution in [-0.4, -0.2) is 95.9 Å². The van der Waals surface area contributed by atoms with Gasteiger partial charge in [0.1, 0.15) is 29.5 Å². The Balaban J connectivity index is 1.41. The van der Waals surface area contributed by atoms with Crippen LogP contribution in [0, 0.1) is 5.41 Å². The monoisotopic (exact) mass is 701 g/mol. The summed E-state index contributed by atoms with van der Waals surface area (Å²) >= 11 is 5.99. The minimum absolute atomic E-state index is 0.0458. The fourth-order valence-corrected chi connectivity index (χ4v) is 6.21. The zero-order valence-corrected chi connectivity index (χ0v) is 28.9. The number of likely N-dealkylation sites (tertiary alicyclic amines) is 1. The summed E-state index contributed by atoms with van der Waals surface area (Å²) in [6.07, 6.45) is 3.02. The number of alkyl carbamates (subject to hydrolysis) is 1. The van der Waals surface area contributed by atoms with E-state index in [0.29, 0.717) is 30.0 Å². The molecule has 3 fully saturated rings. The van der Waals surface area contributed by atoms with Crippen LogP contribution in [0.1, 0.15) is 76.6 Å². The van der Waals surface area contributed by atoms with Gasteiger partial charge in [-0.3, -0.25) is 34.3 Å². The second kappa shape index (κ2) is 14.9. The summed E-state index contributed by atoms with van der Waals surface area (Å²) in [5.41, 5.74) is 0.982. The average Bonchev–Trinajstić information content (AvgIpc) is 3.39. The molecule has 4 N–H and O–H groups in total. The lowest BCUT2D eigenvalue weighted by Crippen LogP contribution is -2.59.